The number of amides is 1. The third-order valence-corrected chi connectivity index (χ3v) is 6.47. The van der Waals surface area contributed by atoms with Gasteiger partial charge < -0.3 is 14.7 Å². The van der Waals surface area contributed by atoms with Gasteiger partial charge >= 0.3 is 5.97 Å². The van der Waals surface area contributed by atoms with Gasteiger partial charge in [-0.1, -0.05) is 47.5 Å². The van der Waals surface area contributed by atoms with E-state index in [-0.39, 0.29) is 23.9 Å². The van der Waals surface area contributed by atoms with Crippen LogP contribution in [0.3, 0.4) is 0 Å². The Hall–Kier alpha value is -3.38. The first-order chi connectivity index (χ1) is 16.6. The zero-order chi connectivity index (χ0) is 25.2. The highest BCUT2D eigenvalue weighted by Crippen LogP contribution is 2.38. The molecule has 1 atom stereocenters. The van der Waals surface area contributed by atoms with Gasteiger partial charge in [0.25, 0.3) is 5.91 Å². The Bertz CT molecular complexity index is 1260. The molecule has 0 bridgehead atoms. The number of carbonyl (C=O) groups is 2. The maximum atomic E-state index is 13.9. The Labute approximate surface area is 209 Å². The topological polar surface area (TPSA) is 66.8 Å². The van der Waals surface area contributed by atoms with E-state index in [4.69, 9.17) is 21.4 Å². The van der Waals surface area contributed by atoms with Gasteiger partial charge in [0.15, 0.2) is 0 Å². The molecule has 3 aromatic carbocycles. The Morgan fingerprint density at radius 3 is 2.49 bits per heavy atom. The van der Waals surface area contributed by atoms with E-state index in [0.717, 1.165) is 22.3 Å². The molecule has 0 aromatic heterocycles. The number of rotatable bonds is 8. The summed E-state index contributed by atoms with van der Waals surface area (Å²) in [5.74, 6) is -0.966. The molecule has 35 heavy (non-hydrogen) atoms. The second kappa shape index (κ2) is 10.1. The molecule has 4 rings (SSSR count). The SMILES string of the molecule is Cc1ccc(CN(CCC(=O)O)C(=O)c2ccc3c(c2)C[C@@](C)(Cc2ccc(Cl)c(F)c2)O3)cc1. The first-order valence-corrected chi connectivity index (χ1v) is 11.8. The van der Waals surface area contributed by atoms with Crippen molar-refractivity contribution in [1.29, 1.82) is 0 Å². The smallest absolute Gasteiger partial charge is 0.305 e. The number of nitrogens with zero attached hydrogens (tertiary/aromatic N) is 1. The molecule has 5 nitrogen and oxygen atoms in total. The summed E-state index contributed by atoms with van der Waals surface area (Å²) in [5.41, 5.74) is 3.60. The minimum absolute atomic E-state index is 0.0794. The lowest BCUT2D eigenvalue weighted by atomic mass is 9.91. The van der Waals surface area contributed by atoms with Gasteiger partial charge in [0.2, 0.25) is 0 Å². The fraction of sp³-hybridized carbons (Fsp3) is 0.286. The Kier molecular flexibility index (Phi) is 7.13. The summed E-state index contributed by atoms with van der Waals surface area (Å²) in [4.78, 5) is 26.1. The van der Waals surface area contributed by atoms with Crippen molar-refractivity contribution in [3.8, 4) is 5.75 Å². The zero-order valence-corrected chi connectivity index (χ0v) is 20.4. The van der Waals surface area contributed by atoms with Crippen LogP contribution in [0.2, 0.25) is 5.02 Å². The molecular formula is C28H27ClFNO4. The lowest BCUT2D eigenvalue weighted by molar-refractivity contribution is -0.137. The minimum Gasteiger partial charge on any atom is -0.487 e. The van der Waals surface area contributed by atoms with Gasteiger partial charge in [-0.3, -0.25) is 9.59 Å². The van der Waals surface area contributed by atoms with Crippen LogP contribution in [0.5, 0.6) is 5.75 Å². The maximum Gasteiger partial charge on any atom is 0.305 e. The van der Waals surface area contributed by atoms with Gasteiger partial charge in [-0.15, -0.1) is 0 Å². The average Bonchev–Trinajstić information content (AvgIpc) is 3.14. The number of carboxylic acids is 1. The van der Waals surface area contributed by atoms with Crippen LogP contribution in [0.1, 0.15) is 46.0 Å². The Balaban J connectivity index is 1.52. The lowest BCUT2D eigenvalue weighted by Crippen LogP contribution is -2.33. The second-order valence-corrected chi connectivity index (χ2v) is 9.74. The molecule has 1 heterocycles. The predicted octanol–water partition coefficient (Wildman–Crippen LogP) is 5.84. The molecular weight excluding hydrogens is 469 g/mol. The Morgan fingerprint density at radius 1 is 1.09 bits per heavy atom. The van der Waals surface area contributed by atoms with Crippen molar-refractivity contribution in [1.82, 2.24) is 4.90 Å². The monoisotopic (exact) mass is 495 g/mol. The molecule has 0 aliphatic carbocycles. The zero-order valence-electron chi connectivity index (χ0n) is 19.7. The van der Waals surface area contributed by atoms with Crippen LogP contribution >= 0.6 is 11.6 Å². The van der Waals surface area contributed by atoms with Crippen molar-refractivity contribution in [3.63, 3.8) is 0 Å². The van der Waals surface area contributed by atoms with Gasteiger partial charge in [-0.05, 0) is 60.9 Å². The number of aliphatic carboxylic acids is 1. The van der Waals surface area contributed by atoms with Crippen LogP contribution < -0.4 is 4.74 Å². The normalized spacial score (nSPS) is 16.5. The molecule has 0 fully saturated rings. The van der Waals surface area contributed by atoms with Crippen molar-refractivity contribution in [3.05, 3.63) is 99.3 Å². The Morgan fingerprint density at radius 2 is 1.80 bits per heavy atom. The van der Waals surface area contributed by atoms with E-state index >= 15 is 0 Å². The van der Waals surface area contributed by atoms with Crippen molar-refractivity contribution in [2.75, 3.05) is 6.54 Å². The highest BCUT2D eigenvalue weighted by atomic mass is 35.5. The molecule has 0 radical (unpaired) electrons. The first-order valence-electron chi connectivity index (χ1n) is 11.4. The number of hydrogen-bond acceptors (Lipinski definition) is 3. The summed E-state index contributed by atoms with van der Waals surface area (Å²) in [6, 6.07) is 17.8. The summed E-state index contributed by atoms with van der Waals surface area (Å²) < 4.78 is 20.1. The highest BCUT2D eigenvalue weighted by Gasteiger charge is 2.35. The van der Waals surface area contributed by atoms with Crippen molar-refractivity contribution in [2.45, 2.75) is 45.3 Å². The second-order valence-electron chi connectivity index (χ2n) is 9.33. The predicted molar refractivity (Wildman–Crippen MR) is 132 cm³/mol. The molecule has 0 saturated heterocycles. The quantitative estimate of drug-likeness (QED) is 0.426. The summed E-state index contributed by atoms with van der Waals surface area (Å²) in [6.45, 7) is 4.37. The molecule has 1 amide bonds. The average molecular weight is 496 g/mol. The number of hydrogen-bond donors (Lipinski definition) is 1. The van der Waals surface area contributed by atoms with Crippen LogP contribution in [-0.2, 0) is 24.2 Å². The molecule has 1 N–H and O–H groups in total. The van der Waals surface area contributed by atoms with Gasteiger partial charge in [0, 0.05) is 31.5 Å². The number of fused-ring (bicyclic) bond motifs is 1. The summed E-state index contributed by atoms with van der Waals surface area (Å²) in [7, 11) is 0. The van der Waals surface area contributed by atoms with E-state index in [1.165, 1.54) is 12.1 Å². The van der Waals surface area contributed by atoms with E-state index in [1.54, 1.807) is 23.1 Å². The van der Waals surface area contributed by atoms with E-state index in [0.29, 0.717) is 30.7 Å². The van der Waals surface area contributed by atoms with Crippen LogP contribution in [0, 0.1) is 12.7 Å². The number of ether oxygens (including phenoxy) is 1. The minimum atomic E-state index is -0.955. The molecule has 0 saturated carbocycles. The van der Waals surface area contributed by atoms with Gasteiger partial charge in [-0.25, -0.2) is 4.39 Å². The van der Waals surface area contributed by atoms with Crippen molar-refractivity contribution < 1.29 is 23.8 Å². The number of halogens is 2. The van der Waals surface area contributed by atoms with E-state index < -0.39 is 17.4 Å². The number of aryl methyl sites for hydroxylation is 1. The van der Waals surface area contributed by atoms with Crippen LogP contribution in [0.25, 0.3) is 0 Å². The van der Waals surface area contributed by atoms with Gasteiger partial charge in [0.1, 0.15) is 17.2 Å². The van der Waals surface area contributed by atoms with Crippen molar-refractivity contribution in [2.24, 2.45) is 0 Å². The van der Waals surface area contributed by atoms with E-state index in [2.05, 4.69) is 0 Å². The highest BCUT2D eigenvalue weighted by molar-refractivity contribution is 6.30. The fourth-order valence-corrected chi connectivity index (χ4v) is 4.53. The third-order valence-electron chi connectivity index (χ3n) is 6.17. The summed E-state index contributed by atoms with van der Waals surface area (Å²) >= 11 is 5.80. The lowest BCUT2D eigenvalue weighted by Gasteiger charge is -2.24. The van der Waals surface area contributed by atoms with Crippen LogP contribution in [0.4, 0.5) is 4.39 Å². The first kappa shape index (κ1) is 24.7. The molecule has 1 aliphatic heterocycles. The van der Waals surface area contributed by atoms with Crippen LogP contribution in [0.15, 0.2) is 60.7 Å². The van der Waals surface area contributed by atoms with Gasteiger partial charge in [-0.2, -0.15) is 0 Å². The molecule has 0 spiro atoms. The van der Waals surface area contributed by atoms with Gasteiger partial charge in [0.05, 0.1) is 11.4 Å². The van der Waals surface area contributed by atoms with E-state index in [1.807, 2.05) is 44.2 Å². The van der Waals surface area contributed by atoms with E-state index in [9.17, 15) is 14.0 Å². The molecule has 7 heteroatoms. The van der Waals surface area contributed by atoms with Crippen molar-refractivity contribution >= 4 is 23.5 Å². The fourth-order valence-electron chi connectivity index (χ4n) is 4.41. The largest absolute Gasteiger partial charge is 0.487 e. The summed E-state index contributed by atoms with van der Waals surface area (Å²) in [5, 5.41) is 9.25. The van der Waals surface area contributed by atoms with Crippen LogP contribution in [-0.4, -0.2) is 34.0 Å². The molecule has 1 aliphatic rings. The number of benzene rings is 3. The number of carbonyl (C=O) groups excluding carboxylic acids is 1. The standard InChI is InChI=1S/C28H27ClFNO4/c1-18-3-5-19(6-4-18)17-31(12-11-26(32)33)27(34)21-8-10-25-22(14-21)16-28(2,35-25)15-20-7-9-23(29)24(30)13-20/h3-10,13-14H,11-12,15-17H2,1-2H3,(H,32,33)/t28-/m1/s1. The molecule has 182 valence electrons. The third kappa shape index (κ3) is 6.01. The molecule has 3 aromatic rings. The molecule has 0 unspecified atom stereocenters. The summed E-state index contributed by atoms with van der Waals surface area (Å²) in [6.07, 6.45) is 0.902. The number of carboxylic acid groups (broad SMARTS) is 1. The maximum absolute atomic E-state index is 13.9.